The lowest BCUT2D eigenvalue weighted by Gasteiger charge is -2.33. The third-order valence-electron chi connectivity index (χ3n) is 15.6. The number of benzene rings is 12. The molecule has 0 bridgehead atoms. The summed E-state index contributed by atoms with van der Waals surface area (Å²) in [6, 6.07) is 89.9. The zero-order chi connectivity index (χ0) is 46.1. The molecule has 0 unspecified atom stereocenters. The van der Waals surface area contributed by atoms with Crippen molar-refractivity contribution in [2.75, 3.05) is 4.90 Å². The van der Waals surface area contributed by atoms with Crippen molar-refractivity contribution in [3.8, 4) is 44.5 Å². The van der Waals surface area contributed by atoms with Gasteiger partial charge >= 0.3 is 0 Å². The standard InChI is InChI=1S/C68H43NO/c1-42-40-45(48-24-14-25-50-47-18-4-2-16-43(47)32-36-51(48)50)34-39-64(42)69(65-31-13-9-23-56(65)57-26-15-27-58-59-37-33-44-17-3-5-19-49(44)66(59)70-67(57)58)46-35-38-55-54-22-8-12-30-62(54)68(63(55)41-46)60-28-10-6-20-52(60)53-21-7-11-29-61(53)68/h2-41H,1H3. The molecule has 15 rings (SSSR count). The van der Waals surface area contributed by atoms with Gasteiger partial charge in [-0.25, -0.2) is 0 Å². The maximum atomic E-state index is 7.06. The average Bonchev–Trinajstić information content (AvgIpc) is 4.06. The number of furan rings is 1. The highest BCUT2D eigenvalue weighted by Gasteiger charge is 2.51. The monoisotopic (exact) mass is 889 g/mol. The molecule has 1 spiro atoms. The highest BCUT2D eigenvalue weighted by molar-refractivity contribution is 6.18. The molecule has 0 fully saturated rings. The molecular weight excluding hydrogens is 847 g/mol. The van der Waals surface area contributed by atoms with Crippen LogP contribution in [0.15, 0.2) is 247 Å². The fourth-order valence-corrected chi connectivity index (χ4v) is 12.6. The van der Waals surface area contributed by atoms with Gasteiger partial charge in [0.1, 0.15) is 11.2 Å². The van der Waals surface area contributed by atoms with E-state index >= 15 is 0 Å². The highest BCUT2D eigenvalue weighted by Crippen LogP contribution is 2.63. The Bertz CT molecular complexity index is 4280. The Hall–Kier alpha value is -8.98. The van der Waals surface area contributed by atoms with Crippen molar-refractivity contribution in [3.05, 3.63) is 270 Å². The molecule has 1 aromatic heterocycles. The molecule has 2 aliphatic rings. The van der Waals surface area contributed by atoms with Gasteiger partial charge in [-0.3, -0.25) is 0 Å². The molecule has 0 atom stereocenters. The number of hydrogen-bond donors (Lipinski definition) is 0. The minimum absolute atomic E-state index is 0.486. The number of hydrogen-bond acceptors (Lipinski definition) is 2. The second-order valence-electron chi connectivity index (χ2n) is 19.1. The van der Waals surface area contributed by atoms with Gasteiger partial charge in [0.2, 0.25) is 0 Å². The Labute approximate surface area is 406 Å². The maximum Gasteiger partial charge on any atom is 0.143 e. The molecule has 0 saturated carbocycles. The molecule has 0 N–H and O–H groups in total. The highest BCUT2D eigenvalue weighted by atomic mass is 16.3. The number of anilines is 3. The lowest BCUT2D eigenvalue weighted by Crippen LogP contribution is -2.26. The van der Waals surface area contributed by atoms with E-state index in [1.165, 1.54) is 88.1 Å². The van der Waals surface area contributed by atoms with Crippen LogP contribution in [0.1, 0.15) is 27.8 Å². The fraction of sp³-hybridized carbons (Fsp3) is 0.0294. The van der Waals surface area contributed by atoms with Crippen molar-refractivity contribution in [2.45, 2.75) is 12.3 Å². The zero-order valence-corrected chi connectivity index (χ0v) is 38.4. The molecule has 0 radical (unpaired) electrons. The summed E-state index contributed by atoms with van der Waals surface area (Å²) in [6.07, 6.45) is 0. The molecule has 70 heavy (non-hydrogen) atoms. The maximum absolute atomic E-state index is 7.06. The van der Waals surface area contributed by atoms with E-state index in [1.54, 1.807) is 0 Å². The van der Waals surface area contributed by atoms with Gasteiger partial charge in [0.05, 0.1) is 11.1 Å². The minimum atomic E-state index is -0.486. The molecule has 2 heteroatoms. The van der Waals surface area contributed by atoms with Crippen LogP contribution in [0.2, 0.25) is 0 Å². The molecule has 0 saturated heterocycles. The zero-order valence-electron chi connectivity index (χ0n) is 38.4. The van der Waals surface area contributed by atoms with Gasteiger partial charge in [0, 0.05) is 38.7 Å². The van der Waals surface area contributed by atoms with Crippen LogP contribution in [0.5, 0.6) is 0 Å². The van der Waals surface area contributed by atoms with Crippen LogP contribution in [0.25, 0.3) is 98.8 Å². The summed E-state index contributed by atoms with van der Waals surface area (Å²) in [4.78, 5) is 2.51. The molecule has 326 valence electrons. The van der Waals surface area contributed by atoms with Crippen molar-refractivity contribution in [2.24, 2.45) is 0 Å². The van der Waals surface area contributed by atoms with E-state index < -0.39 is 5.41 Å². The summed E-state index contributed by atoms with van der Waals surface area (Å²) in [5.41, 5.74) is 20.8. The van der Waals surface area contributed by atoms with Gasteiger partial charge in [0.25, 0.3) is 0 Å². The predicted octanol–water partition coefficient (Wildman–Crippen LogP) is 18.5. The summed E-state index contributed by atoms with van der Waals surface area (Å²) >= 11 is 0. The summed E-state index contributed by atoms with van der Waals surface area (Å²) in [6.45, 7) is 2.27. The van der Waals surface area contributed by atoms with E-state index in [9.17, 15) is 0 Å². The third-order valence-corrected chi connectivity index (χ3v) is 15.6. The molecule has 2 nitrogen and oxygen atoms in total. The van der Waals surface area contributed by atoms with Crippen LogP contribution in [-0.2, 0) is 5.41 Å². The first-order valence-corrected chi connectivity index (χ1v) is 24.3. The molecular formula is C68H43NO. The van der Waals surface area contributed by atoms with Gasteiger partial charge in [-0.1, -0.05) is 206 Å². The van der Waals surface area contributed by atoms with Gasteiger partial charge in [-0.2, -0.15) is 0 Å². The molecule has 2 aliphatic carbocycles. The first-order valence-electron chi connectivity index (χ1n) is 24.3. The lowest BCUT2D eigenvalue weighted by molar-refractivity contribution is 0.674. The van der Waals surface area contributed by atoms with Crippen molar-refractivity contribution in [3.63, 3.8) is 0 Å². The predicted molar refractivity (Wildman–Crippen MR) is 293 cm³/mol. The minimum Gasteiger partial charge on any atom is -0.455 e. The van der Waals surface area contributed by atoms with Crippen molar-refractivity contribution < 1.29 is 4.42 Å². The van der Waals surface area contributed by atoms with Gasteiger partial charge in [0.15, 0.2) is 0 Å². The van der Waals surface area contributed by atoms with E-state index in [1.807, 2.05) is 0 Å². The van der Waals surface area contributed by atoms with Crippen LogP contribution >= 0.6 is 0 Å². The fourth-order valence-electron chi connectivity index (χ4n) is 12.6. The van der Waals surface area contributed by atoms with Crippen LogP contribution in [0, 0.1) is 6.92 Å². The van der Waals surface area contributed by atoms with E-state index in [0.29, 0.717) is 0 Å². The van der Waals surface area contributed by atoms with Crippen LogP contribution in [-0.4, -0.2) is 0 Å². The molecule has 1 heterocycles. The lowest BCUT2D eigenvalue weighted by atomic mass is 9.70. The number of aryl methyl sites for hydroxylation is 1. The van der Waals surface area contributed by atoms with E-state index in [0.717, 1.165) is 55.5 Å². The third kappa shape index (κ3) is 5.33. The van der Waals surface area contributed by atoms with Gasteiger partial charge in [-0.15, -0.1) is 0 Å². The smallest absolute Gasteiger partial charge is 0.143 e. The van der Waals surface area contributed by atoms with Gasteiger partial charge in [-0.05, 0) is 131 Å². The number of fused-ring (bicyclic) bond motifs is 18. The molecule has 13 aromatic rings. The normalized spacial score (nSPS) is 13.0. The summed E-state index contributed by atoms with van der Waals surface area (Å²) in [5, 5.41) is 9.57. The quantitative estimate of drug-likeness (QED) is 0.160. The number of nitrogens with zero attached hydrogens (tertiary/aromatic N) is 1. The Balaban J connectivity index is 0.982. The average molecular weight is 890 g/mol. The second-order valence-corrected chi connectivity index (χ2v) is 19.1. The summed E-state index contributed by atoms with van der Waals surface area (Å²) < 4.78 is 7.06. The Kier molecular flexibility index (Phi) is 8.24. The largest absolute Gasteiger partial charge is 0.455 e. The van der Waals surface area contributed by atoms with Crippen LogP contribution in [0.3, 0.4) is 0 Å². The Morgan fingerprint density at radius 3 is 1.56 bits per heavy atom. The van der Waals surface area contributed by atoms with Crippen molar-refractivity contribution in [1.82, 2.24) is 0 Å². The molecule has 0 aliphatic heterocycles. The van der Waals surface area contributed by atoms with Crippen molar-refractivity contribution >= 4 is 71.3 Å². The molecule has 0 amide bonds. The Morgan fingerprint density at radius 1 is 0.314 bits per heavy atom. The van der Waals surface area contributed by atoms with Gasteiger partial charge < -0.3 is 9.32 Å². The first-order chi connectivity index (χ1) is 34.6. The van der Waals surface area contributed by atoms with E-state index in [2.05, 4.69) is 254 Å². The van der Waals surface area contributed by atoms with Crippen LogP contribution in [0.4, 0.5) is 17.1 Å². The second kappa shape index (κ2) is 14.8. The van der Waals surface area contributed by atoms with Crippen LogP contribution < -0.4 is 4.90 Å². The number of para-hydroxylation sites is 2. The molecule has 12 aromatic carbocycles. The van der Waals surface area contributed by atoms with E-state index in [-0.39, 0.29) is 0 Å². The van der Waals surface area contributed by atoms with Crippen molar-refractivity contribution in [1.29, 1.82) is 0 Å². The topological polar surface area (TPSA) is 16.4 Å². The first kappa shape index (κ1) is 39.1. The summed E-state index contributed by atoms with van der Waals surface area (Å²) in [7, 11) is 0. The Morgan fingerprint density at radius 2 is 0.843 bits per heavy atom. The summed E-state index contributed by atoms with van der Waals surface area (Å²) in [5.74, 6) is 0. The van der Waals surface area contributed by atoms with E-state index in [4.69, 9.17) is 4.42 Å². The number of rotatable bonds is 5. The SMILES string of the molecule is Cc1cc(-c2cccc3c2ccc2ccccc23)ccc1N(c1ccc2c(c1)C1(c3ccccc3-c3ccccc31)c1ccccc1-2)c1ccccc1-c1cccc2c1oc1c3ccccc3ccc21.